The monoisotopic (exact) mass is 217 g/mol. The van der Waals surface area contributed by atoms with Crippen LogP contribution in [0.1, 0.15) is 25.8 Å². The normalized spacial score (nSPS) is 15.2. The van der Waals surface area contributed by atoms with Crippen LogP contribution in [0.5, 0.6) is 5.75 Å². The smallest absolute Gasteiger partial charge is 0.166 e. The van der Waals surface area contributed by atoms with Gasteiger partial charge in [0.25, 0.3) is 0 Å². The summed E-state index contributed by atoms with van der Waals surface area (Å²) in [6.45, 7) is 3.58. The molecule has 14 heavy (non-hydrogen) atoms. The van der Waals surface area contributed by atoms with E-state index in [0.29, 0.717) is 12.0 Å². The van der Waals surface area contributed by atoms with E-state index in [4.69, 9.17) is 17.3 Å². The zero-order valence-corrected chi connectivity index (χ0v) is 8.90. The van der Waals surface area contributed by atoms with Crippen molar-refractivity contribution in [3.63, 3.8) is 0 Å². The molecular formula is C10H13ClFNO. The van der Waals surface area contributed by atoms with Crippen LogP contribution in [-0.2, 0) is 5.54 Å². The van der Waals surface area contributed by atoms with E-state index in [2.05, 4.69) is 0 Å². The lowest BCUT2D eigenvalue weighted by Gasteiger charge is -2.24. The molecular weight excluding hydrogens is 205 g/mol. The van der Waals surface area contributed by atoms with Gasteiger partial charge in [0, 0.05) is 16.1 Å². The Morgan fingerprint density at radius 1 is 1.57 bits per heavy atom. The molecule has 1 atom stereocenters. The molecule has 1 aromatic rings. The fraction of sp³-hybridized carbons (Fsp3) is 0.400. The maximum absolute atomic E-state index is 13.1. The van der Waals surface area contributed by atoms with Gasteiger partial charge < -0.3 is 10.8 Å². The molecule has 2 nitrogen and oxygen atoms in total. The molecule has 0 saturated heterocycles. The van der Waals surface area contributed by atoms with Gasteiger partial charge in [-0.05, 0) is 25.5 Å². The molecule has 0 bridgehead atoms. The molecule has 0 saturated carbocycles. The van der Waals surface area contributed by atoms with Crippen molar-refractivity contribution in [3.05, 3.63) is 28.5 Å². The second-order valence-electron chi connectivity index (χ2n) is 3.55. The highest BCUT2D eigenvalue weighted by Gasteiger charge is 2.24. The Labute approximate surface area is 87.5 Å². The quantitative estimate of drug-likeness (QED) is 0.800. The number of phenolic OH excluding ortho intramolecular Hbond substituents is 1. The van der Waals surface area contributed by atoms with Crippen LogP contribution < -0.4 is 5.73 Å². The summed E-state index contributed by atoms with van der Waals surface area (Å²) in [6, 6.07) is 2.55. The number of phenols is 1. The minimum atomic E-state index is -0.768. The fourth-order valence-corrected chi connectivity index (χ4v) is 1.40. The molecule has 1 unspecified atom stereocenters. The van der Waals surface area contributed by atoms with E-state index >= 15 is 0 Å². The molecule has 0 amide bonds. The predicted molar refractivity (Wildman–Crippen MR) is 54.9 cm³/mol. The van der Waals surface area contributed by atoms with Crippen molar-refractivity contribution in [1.29, 1.82) is 0 Å². The van der Waals surface area contributed by atoms with Crippen molar-refractivity contribution in [2.45, 2.75) is 25.8 Å². The van der Waals surface area contributed by atoms with E-state index in [1.807, 2.05) is 6.92 Å². The van der Waals surface area contributed by atoms with Gasteiger partial charge in [-0.3, -0.25) is 0 Å². The Hall–Kier alpha value is -0.800. The molecule has 0 aromatic heterocycles. The van der Waals surface area contributed by atoms with Gasteiger partial charge in [0.05, 0.1) is 0 Å². The second kappa shape index (κ2) is 3.75. The highest BCUT2D eigenvalue weighted by molar-refractivity contribution is 6.30. The summed E-state index contributed by atoms with van der Waals surface area (Å²) in [5, 5.41) is 9.71. The maximum atomic E-state index is 13.1. The molecule has 0 aliphatic rings. The number of hydrogen-bond acceptors (Lipinski definition) is 2. The van der Waals surface area contributed by atoms with Crippen LogP contribution in [0, 0.1) is 5.82 Å². The van der Waals surface area contributed by atoms with E-state index < -0.39 is 17.1 Å². The average Bonchev–Trinajstić information content (AvgIpc) is 2.11. The predicted octanol–water partition coefficient (Wildman–Crippen LogP) is 2.77. The Kier molecular flexibility index (Phi) is 3.02. The third-order valence-corrected chi connectivity index (χ3v) is 2.60. The summed E-state index contributed by atoms with van der Waals surface area (Å²) in [5.41, 5.74) is 5.46. The largest absolute Gasteiger partial charge is 0.505 e. The standard InChI is InChI=1S/C10H13ClFNO/c1-3-10(2,13)7-4-6(11)5-8(12)9(7)14/h4-5,14H,3,13H2,1-2H3. The van der Waals surface area contributed by atoms with Gasteiger partial charge in [-0.1, -0.05) is 18.5 Å². The lowest BCUT2D eigenvalue weighted by Crippen LogP contribution is -2.32. The summed E-state index contributed by atoms with van der Waals surface area (Å²) >= 11 is 5.68. The Balaban J connectivity index is 3.34. The van der Waals surface area contributed by atoms with Crippen LogP contribution in [-0.4, -0.2) is 5.11 Å². The highest BCUT2D eigenvalue weighted by atomic mass is 35.5. The molecule has 3 N–H and O–H groups in total. The number of rotatable bonds is 2. The van der Waals surface area contributed by atoms with Crippen molar-refractivity contribution >= 4 is 11.6 Å². The fourth-order valence-electron chi connectivity index (χ4n) is 1.19. The number of halogens is 2. The molecule has 0 fully saturated rings. The van der Waals surface area contributed by atoms with Crippen molar-refractivity contribution in [2.75, 3.05) is 0 Å². The third kappa shape index (κ3) is 1.99. The first-order chi connectivity index (χ1) is 6.38. The van der Waals surface area contributed by atoms with Crippen LogP contribution in [0.2, 0.25) is 5.02 Å². The van der Waals surface area contributed by atoms with Gasteiger partial charge in [-0.25, -0.2) is 4.39 Å². The lowest BCUT2D eigenvalue weighted by molar-refractivity contribution is 0.391. The first-order valence-electron chi connectivity index (χ1n) is 4.36. The van der Waals surface area contributed by atoms with E-state index in [9.17, 15) is 9.50 Å². The molecule has 0 aliphatic carbocycles. The Bertz CT molecular complexity index is 352. The van der Waals surface area contributed by atoms with Gasteiger partial charge in [-0.15, -0.1) is 0 Å². The third-order valence-electron chi connectivity index (χ3n) is 2.38. The molecule has 0 spiro atoms. The summed E-state index contributed by atoms with van der Waals surface area (Å²) < 4.78 is 13.1. The zero-order valence-electron chi connectivity index (χ0n) is 8.14. The minimum absolute atomic E-state index is 0.237. The van der Waals surface area contributed by atoms with Crippen LogP contribution in [0.4, 0.5) is 4.39 Å². The van der Waals surface area contributed by atoms with Crippen molar-refractivity contribution in [1.82, 2.24) is 0 Å². The molecule has 78 valence electrons. The molecule has 1 rings (SSSR count). The number of benzene rings is 1. The van der Waals surface area contributed by atoms with E-state index in [1.165, 1.54) is 6.07 Å². The van der Waals surface area contributed by atoms with Crippen molar-refractivity contribution in [2.24, 2.45) is 5.73 Å². The van der Waals surface area contributed by atoms with Crippen LogP contribution in [0.15, 0.2) is 12.1 Å². The maximum Gasteiger partial charge on any atom is 0.166 e. The molecule has 1 aromatic carbocycles. The molecule has 4 heteroatoms. The molecule has 0 aliphatic heterocycles. The zero-order chi connectivity index (χ0) is 10.9. The Morgan fingerprint density at radius 2 is 2.14 bits per heavy atom. The van der Waals surface area contributed by atoms with Crippen LogP contribution >= 0.6 is 11.6 Å². The first-order valence-corrected chi connectivity index (χ1v) is 4.73. The van der Waals surface area contributed by atoms with Crippen molar-refractivity contribution in [3.8, 4) is 5.75 Å². The van der Waals surface area contributed by atoms with Crippen molar-refractivity contribution < 1.29 is 9.50 Å². The van der Waals surface area contributed by atoms with E-state index in [-0.39, 0.29) is 5.02 Å². The van der Waals surface area contributed by atoms with Crippen LogP contribution in [0.3, 0.4) is 0 Å². The second-order valence-corrected chi connectivity index (χ2v) is 3.99. The average molecular weight is 218 g/mol. The van der Waals surface area contributed by atoms with Gasteiger partial charge >= 0.3 is 0 Å². The summed E-state index contributed by atoms with van der Waals surface area (Å²) in [7, 11) is 0. The van der Waals surface area contributed by atoms with E-state index in [0.717, 1.165) is 6.07 Å². The lowest BCUT2D eigenvalue weighted by atomic mass is 9.90. The molecule has 0 radical (unpaired) electrons. The number of nitrogens with two attached hydrogens (primary N) is 1. The Morgan fingerprint density at radius 3 is 2.64 bits per heavy atom. The summed E-state index contributed by atoms with van der Waals surface area (Å²) in [5.74, 6) is -1.15. The van der Waals surface area contributed by atoms with Gasteiger partial charge in [0.2, 0.25) is 0 Å². The van der Waals surface area contributed by atoms with Gasteiger partial charge in [0.15, 0.2) is 11.6 Å². The van der Waals surface area contributed by atoms with E-state index in [1.54, 1.807) is 6.92 Å². The summed E-state index contributed by atoms with van der Waals surface area (Å²) in [4.78, 5) is 0. The highest BCUT2D eigenvalue weighted by Crippen LogP contribution is 2.34. The number of hydrogen-bond donors (Lipinski definition) is 2. The minimum Gasteiger partial charge on any atom is -0.505 e. The van der Waals surface area contributed by atoms with Crippen LogP contribution in [0.25, 0.3) is 0 Å². The SMILES string of the molecule is CCC(C)(N)c1cc(Cl)cc(F)c1O. The van der Waals surface area contributed by atoms with Gasteiger partial charge in [0.1, 0.15) is 0 Å². The summed E-state index contributed by atoms with van der Waals surface area (Å²) in [6.07, 6.45) is 0.584. The van der Waals surface area contributed by atoms with Gasteiger partial charge in [-0.2, -0.15) is 0 Å². The first kappa shape index (κ1) is 11.3. The molecule has 0 heterocycles. The number of aromatic hydroxyl groups is 1. The topological polar surface area (TPSA) is 46.2 Å².